The summed E-state index contributed by atoms with van der Waals surface area (Å²) in [7, 11) is 0. The third-order valence-electron chi connectivity index (χ3n) is 3.51. The van der Waals surface area contributed by atoms with Crippen LogP contribution in [0.5, 0.6) is 0 Å². The van der Waals surface area contributed by atoms with Gasteiger partial charge in [0.1, 0.15) is 11.9 Å². The second-order valence-electron chi connectivity index (χ2n) is 5.25. The number of pyridine rings is 1. The smallest absolute Gasteiger partial charge is 0.322 e. The van der Waals surface area contributed by atoms with E-state index >= 15 is 0 Å². The van der Waals surface area contributed by atoms with Crippen LogP contribution in [0.4, 0.5) is 4.39 Å². The maximum Gasteiger partial charge on any atom is 0.322 e. The molecule has 6 nitrogen and oxygen atoms in total. The Bertz CT molecular complexity index is 764. The summed E-state index contributed by atoms with van der Waals surface area (Å²) in [6, 6.07) is 6.37. The summed E-state index contributed by atoms with van der Waals surface area (Å²) < 4.78 is 13.9. The van der Waals surface area contributed by atoms with Gasteiger partial charge < -0.3 is 16.2 Å². The van der Waals surface area contributed by atoms with Crippen LogP contribution in [-0.4, -0.2) is 34.6 Å². The number of rotatable bonds is 6. The number of hydrogen-bond donors (Lipinski definition) is 3. The zero-order valence-electron chi connectivity index (χ0n) is 13.1. The second-order valence-corrected chi connectivity index (χ2v) is 5.25. The summed E-state index contributed by atoms with van der Waals surface area (Å²) >= 11 is 0. The van der Waals surface area contributed by atoms with Crippen molar-refractivity contribution in [1.29, 1.82) is 0 Å². The van der Waals surface area contributed by atoms with Crippen LogP contribution in [0.3, 0.4) is 0 Å². The Morgan fingerprint density at radius 2 is 2.12 bits per heavy atom. The van der Waals surface area contributed by atoms with E-state index in [0.29, 0.717) is 17.7 Å². The van der Waals surface area contributed by atoms with Crippen LogP contribution in [0.2, 0.25) is 0 Å². The van der Waals surface area contributed by atoms with E-state index < -0.39 is 23.7 Å². The number of nitrogens with zero attached hydrogens (tertiary/aromatic N) is 1. The molecule has 2 aromatic rings. The van der Waals surface area contributed by atoms with E-state index in [4.69, 9.17) is 10.8 Å². The molecule has 0 saturated heterocycles. The topological polar surface area (TPSA) is 105 Å². The summed E-state index contributed by atoms with van der Waals surface area (Å²) in [4.78, 5) is 27.0. The minimum atomic E-state index is -1.23. The fraction of sp³-hybridized carbons (Fsp3) is 0.235. The van der Waals surface area contributed by atoms with Crippen LogP contribution in [0.1, 0.15) is 22.8 Å². The van der Waals surface area contributed by atoms with Crippen molar-refractivity contribution in [1.82, 2.24) is 10.3 Å². The number of carbonyl (C=O) groups is 2. The van der Waals surface area contributed by atoms with Crippen molar-refractivity contribution < 1.29 is 19.1 Å². The lowest BCUT2D eigenvalue weighted by molar-refractivity contribution is -0.138. The van der Waals surface area contributed by atoms with Crippen LogP contribution in [0, 0.1) is 5.82 Å². The van der Waals surface area contributed by atoms with E-state index in [9.17, 15) is 14.0 Å². The van der Waals surface area contributed by atoms with Crippen molar-refractivity contribution in [2.75, 3.05) is 6.54 Å². The molecule has 0 spiro atoms. The average Bonchev–Trinajstić information content (AvgIpc) is 2.58. The summed E-state index contributed by atoms with van der Waals surface area (Å²) in [5, 5.41) is 11.1. The molecule has 7 heteroatoms. The monoisotopic (exact) mass is 331 g/mol. The highest BCUT2D eigenvalue weighted by molar-refractivity contribution is 5.95. The van der Waals surface area contributed by atoms with Crippen molar-refractivity contribution >= 4 is 11.9 Å². The highest BCUT2D eigenvalue weighted by atomic mass is 19.1. The Morgan fingerprint density at radius 1 is 1.38 bits per heavy atom. The number of benzene rings is 1. The quantitative estimate of drug-likeness (QED) is 0.745. The van der Waals surface area contributed by atoms with Crippen molar-refractivity contribution in [3.05, 3.63) is 53.5 Å². The van der Waals surface area contributed by atoms with E-state index in [2.05, 4.69) is 10.3 Å². The molecular formula is C17H18FN3O3. The van der Waals surface area contributed by atoms with Crippen LogP contribution in [0.25, 0.3) is 11.3 Å². The molecule has 1 amide bonds. The number of carboxylic acids is 1. The van der Waals surface area contributed by atoms with E-state index in [0.717, 1.165) is 11.6 Å². The fourth-order valence-corrected chi connectivity index (χ4v) is 2.23. The molecule has 126 valence electrons. The normalized spacial score (nSPS) is 11.8. The number of halogens is 1. The molecule has 0 bridgehead atoms. The number of aliphatic carboxylic acids is 1. The number of amides is 1. The Morgan fingerprint density at radius 3 is 2.79 bits per heavy atom. The fourth-order valence-electron chi connectivity index (χ4n) is 2.23. The Kier molecular flexibility index (Phi) is 5.59. The number of hydrogen-bond acceptors (Lipinski definition) is 4. The molecule has 4 N–H and O–H groups in total. The molecule has 0 radical (unpaired) electrons. The van der Waals surface area contributed by atoms with Gasteiger partial charge in [-0.1, -0.05) is 13.0 Å². The van der Waals surface area contributed by atoms with Crippen LogP contribution >= 0.6 is 0 Å². The lowest BCUT2D eigenvalue weighted by Gasteiger charge is -2.11. The van der Waals surface area contributed by atoms with E-state index in [1.54, 1.807) is 12.3 Å². The standard InChI is InChI=1S/C17H18FN3O3/c1-2-10-4-3-5-20-15(10)11-6-12(8-13(18)7-11)16(22)21-9-14(19)17(23)24/h3-8,14H,2,9,19H2,1H3,(H,21,22)(H,23,24)/t14-/m1/s1. The first-order valence-corrected chi connectivity index (χ1v) is 7.43. The second kappa shape index (κ2) is 7.65. The lowest BCUT2D eigenvalue weighted by Crippen LogP contribution is -2.42. The molecular weight excluding hydrogens is 313 g/mol. The molecule has 0 aliphatic rings. The summed E-state index contributed by atoms with van der Waals surface area (Å²) in [5.41, 5.74) is 7.44. The number of carbonyl (C=O) groups excluding carboxylic acids is 1. The average molecular weight is 331 g/mol. The molecule has 1 aromatic heterocycles. The van der Waals surface area contributed by atoms with Gasteiger partial charge in [-0.2, -0.15) is 0 Å². The molecule has 1 atom stereocenters. The Hall–Kier alpha value is -2.80. The van der Waals surface area contributed by atoms with Crippen molar-refractivity contribution in [2.24, 2.45) is 5.73 Å². The molecule has 24 heavy (non-hydrogen) atoms. The van der Waals surface area contributed by atoms with E-state index in [-0.39, 0.29) is 12.1 Å². The molecule has 2 rings (SSSR count). The molecule has 0 saturated carbocycles. The van der Waals surface area contributed by atoms with Gasteiger partial charge in [0, 0.05) is 23.9 Å². The first-order chi connectivity index (χ1) is 11.4. The number of nitrogens with one attached hydrogen (secondary N) is 1. The number of nitrogens with two attached hydrogens (primary N) is 1. The SMILES string of the molecule is CCc1cccnc1-c1cc(F)cc(C(=O)NC[C@@H](N)C(=O)O)c1. The highest BCUT2D eigenvalue weighted by Gasteiger charge is 2.16. The van der Waals surface area contributed by atoms with E-state index in [1.165, 1.54) is 12.1 Å². The predicted octanol–water partition coefficient (Wildman–Crippen LogP) is 1.59. The van der Waals surface area contributed by atoms with Gasteiger partial charge in [0.25, 0.3) is 5.91 Å². The third-order valence-corrected chi connectivity index (χ3v) is 3.51. The van der Waals surface area contributed by atoms with E-state index in [1.807, 2.05) is 13.0 Å². The predicted molar refractivity (Wildman–Crippen MR) is 87.0 cm³/mol. The molecule has 0 unspecified atom stereocenters. The first-order valence-electron chi connectivity index (χ1n) is 7.43. The number of carboxylic acid groups (broad SMARTS) is 1. The summed E-state index contributed by atoms with van der Waals surface area (Å²) in [6.07, 6.45) is 2.32. The summed E-state index contributed by atoms with van der Waals surface area (Å²) in [6.45, 7) is 1.71. The first kappa shape index (κ1) is 17.6. The van der Waals surface area contributed by atoms with Crippen molar-refractivity contribution in [3.63, 3.8) is 0 Å². The molecule has 1 aromatic carbocycles. The zero-order chi connectivity index (χ0) is 17.7. The number of aromatic nitrogens is 1. The zero-order valence-corrected chi connectivity index (χ0v) is 13.1. The van der Waals surface area contributed by atoms with Crippen molar-refractivity contribution in [3.8, 4) is 11.3 Å². The van der Waals surface area contributed by atoms with Gasteiger partial charge in [-0.3, -0.25) is 14.6 Å². The van der Waals surface area contributed by atoms with Gasteiger partial charge in [-0.25, -0.2) is 4.39 Å². The molecule has 0 aliphatic carbocycles. The van der Waals surface area contributed by atoms with Gasteiger partial charge in [0.15, 0.2) is 0 Å². The van der Waals surface area contributed by atoms with Gasteiger partial charge in [0.2, 0.25) is 0 Å². The maximum absolute atomic E-state index is 13.9. The minimum absolute atomic E-state index is 0.0790. The number of aryl methyl sites for hydroxylation is 1. The summed E-state index contributed by atoms with van der Waals surface area (Å²) in [5.74, 6) is -2.40. The van der Waals surface area contributed by atoms with Gasteiger partial charge >= 0.3 is 5.97 Å². The molecule has 0 fully saturated rings. The minimum Gasteiger partial charge on any atom is -0.480 e. The Labute approximate surface area is 138 Å². The van der Waals surface area contributed by atoms with Gasteiger partial charge in [-0.05, 0) is 36.2 Å². The van der Waals surface area contributed by atoms with Crippen LogP contribution < -0.4 is 11.1 Å². The molecule has 0 aliphatic heterocycles. The Balaban J connectivity index is 2.28. The van der Waals surface area contributed by atoms with Crippen LogP contribution in [0.15, 0.2) is 36.5 Å². The van der Waals surface area contributed by atoms with Gasteiger partial charge in [-0.15, -0.1) is 0 Å². The third kappa shape index (κ3) is 4.14. The molecule has 1 heterocycles. The van der Waals surface area contributed by atoms with Crippen molar-refractivity contribution in [2.45, 2.75) is 19.4 Å². The maximum atomic E-state index is 13.9. The van der Waals surface area contributed by atoms with Crippen LogP contribution in [-0.2, 0) is 11.2 Å². The van der Waals surface area contributed by atoms with Gasteiger partial charge in [0.05, 0.1) is 5.69 Å². The highest BCUT2D eigenvalue weighted by Crippen LogP contribution is 2.24. The lowest BCUT2D eigenvalue weighted by atomic mass is 10.0. The largest absolute Gasteiger partial charge is 0.480 e.